The largest absolute Gasteiger partial charge is 0.394 e. The third kappa shape index (κ3) is 5.56. The van der Waals surface area contributed by atoms with Crippen molar-refractivity contribution in [3.63, 3.8) is 0 Å². The molecule has 0 saturated carbocycles. The summed E-state index contributed by atoms with van der Waals surface area (Å²) in [6.45, 7) is 10.0. The maximum atomic E-state index is 10.6. The van der Waals surface area contributed by atoms with E-state index < -0.39 is 29.5 Å². The van der Waals surface area contributed by atoms with Crippen LogP contribution in [0.1, 0.15) is 74.4 Å². The molecule has 270 valence electrons. The first kappa shape index (κ1) is 33.9. The van der Waals surface area contributed by atoms with E-state index in [0.29, 0.717) is 12.3 Å². The van der Waals surface area contributed by atoms with Crippen LogP contribution in [0.25, 0.3) is 11.0 Å². The second kappa shape index (κ2) is 13.1. The Kier molecular flexibility index (Phi) is 8.72. The highest BCUT2D eigenvalue weighted by molar-refractivity contribution is 5.76. The monoisotopic (exact) mass is 698 g/mol. The van der Waals surface area contributed by atoms with Crippen LogP contribution in [0.15, 0.2) is 55.1 Å². The SMILES string of the molecule is CC[C@H]1O[C@@H](c2cc3c4c(ncnn24)NCC3)[C@](C)(OCc2ccccc2)[C@@H]1C.C[C@@]1(O)[C@H](O)[C@@H](CO)O[C@H]1c1cc2c3c(ncnn13)NCC2. The summed E-state index contributed by atoms with van der Waals surface area (Å²) in [5, 5.41) is 45.6. The van der Waals surface area contributed by atoms with Gasteiger partial charge < -0.3 is 40.2 Å². The normalized spacial score (nSPS) is 31.0. The predicted molar refractivity (Wildman–Crippen MR) is 188 cm³/mol. The third-order valence-electron chi connectivity index (χ3n) is 11.3. The molecule has 9 rings (SSSR count). The number of benzene rings is 1. The average Bonchev–Trinajstić information content (AvgIpc) is 3.85. The van der Waals surface area contributed by atoms with Gasteiger partial charge in [0.2, 0.25) is 0 Å². The van der Waals surface area contributed by atoms with Gasteiger partial charge in [0.1, 0.15) is 59.3 Å². The number of aliphatic hydroxyl groups is 3. The van der Waals surface area contributed by atoms with Gasteiger partial charge in [-0.2, -0.15) is 10.2 Å². The Morgan fingerprint density at radius 2 is 1.45 bits per heavy atom. The average molecular weight is 699 g/mol. The zero-order chi connectivity index (χ0) is 35.5. The van der Waals surface area contributed by atoms with Crippen LogP contribution in [0, 0.1) is 5.92 Å². The van der Waals surface area contributed by atoms with E-state index in [-0.39, 0.29) is 24.7 Å². The minimum atomic E-state index is -1.51. The first-order chi connectivity index (χ1) is 24.7. The Balaban J connectivity index is 0.000000152. The summed E-state index contributed by atoms with van der Waals surface area (Å²) in [6, 6.07) is 14.5. The fourth-order valence-corrected chi connectivity index (χ4v) is 8.24. The Bertz CT molecular complexity index is 2030. The second-order valence-electron chi connectivity index (χ2n) is 14.4. The van der Waals surface area contributed by atoms with Crippen LogP contribution in [0.4, 0.5) is 11.6 Å². The number of nitrogens with zero attached hydrogens (tertiary/aromatic N) is 6. The molecule has 14 nitrogen and oxygen atoms in total. The highest BCUT2D eigenvalue weighted by Gasteiger charge is 2.55. The van der Waals surface area contributed by atoms with E-state index in [0.717, 1.165) is 66.3 Å². The molecule has 2 fully saturated rings. The van der Waals surface area contributed by atoms with Crippen LogP contribution in [-0.2, 0) is 33.7 Å². The number of aliphatic hydroxyl groups excluding tert-OH is 2. The molecule has 0 radical (unpaired) electrons. The maximum absolute atomic E-state index is 10.6. The predicted octanol–water partition coefficient (Wildman–Crippen LogP) is 3.40. The molecule has 14 heteroatoms. The standard InChI is InChI=1S/C23H28N4O2.C14H18N4O4/c1-4-19-15(2)23(3,28-13-16-8-6-5-7-9-16)21(29-19)18-12-17-10-11-24-22-20(17)27(18)26-14-25-22;1-14(21)11(20)9(5-19)22-12(14)8-4-7-2-3-15-13-10(7)18(8)17-6-16-13/h5-9,12,14-15,19,21H,4,10-11,13H2,1-3H3,(H,24,25,26);4,6,9,11-12,19-21H,2-3,5H2,1H3,(H,15,16,17)/t15-,19-,21+,23-;9-,11-,12+,14-/m11/s1. The Morgan fingerprint density at radius 3 is 2.00 bits per heavy atom. The van der Waals surface area contributed by atoms with Gasteiger partial charge in [-0.15, -0.1) is 0 Å². The van der Waals surface area contributed by atoms with E-state index in [2.05, 4.69) is 81.9 Å². The third-order valence-corrected chi connectivity index (χ3v) is 11.3. The van der Waals surface area contributed by atoms with Crippen molar-refractivity contribution in [1.29, 1.82) is 0 Å². The van der Waals surface area contributed by atoms with Gasteiger partial charge in [0.05, 0.1) is 30.7 Å². The topological polar surface area (TPSA) is 173 Å². The summed E-state index contributed by atoms with van der Waals surface area (Å²) in [5.74, 6) is 1.91. The molecule has 0 unspecified atom stereocenters. The van der Waals surface area contributed by atoms with E-state index in [9.17, 15) is 15.3 Å². The fraction of sp³-hybridized carbons (Fsp3) is 0.514. The molecule has 4 aliphatic heterocycles. The molecule has 4 aromatic heterocycles. The summed E-state index contributed by atoms with van der Waals surface area (Å²) in [5.41, 5.74) is 5.20. The van der Waals surface area contributed by atoms with Crippen LogP contribution < -0.4 is 10.6 Å². The summed E-state index contributed by atoms with van der Waals surface area (Å²) in [6.07, 6.45) is 3.01. The molecule has 2 saturated heterocycles. The number of ether oxygens (including phenoxy) is 3. The number of anilines is 2. The van der Waals surface area contributed by atoms with Crippen LogP contribution in [0.2, 0.25) is 0 Å². The number of nitrogens with one attached hydrogen (secondary N) is 2. The number of aromatic nitrogens is 6. The van der Waals surface area contributed by atoms with Crippen molar-refractivity contribution in [3.8, 4) is 0 Å². The van der Waals surface area contributed by atoms with Crippen LogP contribution in [-0.4, -0.2) is 93.7 Å². The highest BCUT2D eigenvalue weighted by atomic mass is 16.6. The summed E-state index contributed by atoms with van der Waals surface area (Å²) in [4.78, 5) is 8.64. The smallest absolute Gasteiger partial charge is 0.154 e. The van der Waals surface area contributed by atoms with E-state index in [1.165, 1.54) is 24.4 Å². The van der Waals surface area contributed by atoms with Crippen molar-refractivity contribution >= 4 is 22.7 Å². The summed E-state index contributed by atoms with van der Waals surface area (Å²) in [7, 11) is 0. The van der Waals surface area contributed by atoms with Gasteiger partial charge in [0, 0.05) is 19.0 Å². The zero-order valence-corrected chi connectivity index (χ0v) is 29.4. The van der Waals surface area contributed by atoms with Crippen molar-refractivity contribution in [2.75, 3.05) is 30.3 Å². The van der Waals surface area contributed by atoms with E-state index >= 15 is 0 Å². The molecule has 5 N–H and O–H groups in total. The van der Waals surface area contributed by atoms with E-state index in [1.807, 2.05) is 16.6 Å². The summed E-state index contributed by atoms with van der Waals surface area (Å²) >= 11 is 0. The quantitative estimate of drug-likeness (QED) is 0.168. The molecule has 0 bridgehead atoms. The van der Waals surface area contributed by atoms with Gasteiger partial charge >= 0.3 is 0 Å². The molecule has 5 aromatic rings. The first-order valence-corrected chi connectivity index (χ1v) is 17.8. The van der Waals surface area contributed by atoms with Crippen molar-refractivity contribution < 1.29 is 29.5 Å². The van der Waals surface area contributed by atoms with Crippen molar-refractivity contribution in [2.45, 2.75) is 95.3 Å². The molecule has 4 aliphatic rings. The lowest BCUT2D eigenvalue weighted by Crippen LogP contribution is -2.43. The molecule has 0 spiro atoms. The number of hydrogen-bond donors (Lipinski definition) is 5. The lowest BCUT2D eigenvalue weighted by atomic mass is 9.83. The number of hydrogen-bond acceptors (Lipinski definition) is 12. The van der Waals surface area contributed by atoms with Crippen LogP contribution in [0.5, 0.6) is 0 Å². The van der Waals surface area contributed by atoms with Crippen molar-refractivity contribution in [3.05, 3.63) is 83.2 Å². The molecule has 0 amide bonds. The molecule has 0 aliphatic carbocycles. The van der Waals surface area contributed by atoms with Gasteiger partial charge in [-0.1, -0.05) is 44.2 Å². The van der Waals surface area contributed by atoms with Crippen molar-refractivity contribution in [2.24, 2.45) is 5.92 Å². The maximum Gasteiger partial charge on any atom is 0.154 e. The molecule has 8 heterocycles. The lowest BCUT2D eigenvalue weighted by molar-refractivity contribution is -0.107. The fourth-order valence-electron chi connectivity index (χ4n) is 8.24. The molecular weight excluding hydrogens is 652 g/mol. The van der Waals surface area contributed by atoms with Gasteiger partial charge in [-0.05, 0) is 61.9 Å². The Labute approximate surface area is 295 Å². The van der Waals surface area contributed by atoms with E-state index in [4.69, 9.17) is 14.2 Å². The van der Waals surface area contributed by atoms with Gasteiger partial charge in [-0.25, -0.2) is 19.0 Å². The molecular formula is C37H46N8O6. The first-order valence-electron chi connectivity index (χ1n) is 17.8. The highest BCUT2D eigenvalue weighted by Crippen LogP contribution is 2.50. The van der Waals surface area contributed by atoms with Crippen LogP contribution in [0.3, 0.4) is 0 Å². The zero-order valence-electron chi connectivity index (χ0n) is 29.4. The van der Waals surface area contributed by atoms with E-state index in [1.54, 1.807) is 10.8 Å². The number of rotatable bonds is 7. The summed E-state index contributed by atoms with van der Waals surface area (Å²) < 4.78 is 22.6. The lowest BCUT2D eigenvalue weighted by Gasteiger charge is -2.34. The minimum Gasteiger partial charge on any atom is -0.394 e. The Hall–Kier alpha value is -4.18. The second-order valence-corrected chi connectivity index (χ2v) is 14.4. The molecule has 1 aromatic carbocycles. The van der Waals surface area contributed by atoms with Gasteiger partial charge in [0.15, 0.2) is 11.6 Å². The molecule has 51 heavy (non-hydrogen) atoms. The van der Waals surface area contributed by atoms with Crippen LogP contribution >= 0.6 is 0 Å². The van der Waals surface area contributed by atoms with Crippen molar-refractivity contribution in [1.82, 2.24) is 29.2 Å². The molecule has 8 atom stereocenters. The minimum absolute atomic E-state index is 0.152. The van der Waals surface area contributed by atoms with Gasteiger partial charge in [-0.3, -0.25) is 0 Å². The van der Waals surface area contributed by atoms with Gasteiger partial charge in [0.25, 0.3) is 0 Å². The Morgan fingerprint density at radius 1 is 0.882 bits per heavy atom.